The number of aromatic nitrogens is 2. The van der Waals surface area contributed by atoms with Crippen LogP contribution in [0.5, 0.6) is 0 Å². The normalized spacial score (nSPS) is 10.9. The summed E-state index contributed by atoms with van der Waals surface area (Å²) in [7, 11) is 0. The van der Waals surface area contributed by atoms with E-state index < -0.39 is 0 Å². The molecule has 2 aromatic heterocycles. The molecule has 0 unspecified atom stereocenters. The van der Waals surface area contributed by atoms with Crippen LogP contribution in [0.2, 0.25) is 0 Å². The van der Waals surface area contributed by atoms with E-state index in [2.05, 4.69) is 17.1 Å². The Labute approximate surface area is 117 Å². The van der Waals surface area contributed by atoms with Crippen LogP contribution in [0, 0.1) is 25.7 Å². The number of aryl methyl sites for hydroxylation is 3. The van der Waals surface area contributed by atoms with Crippen LogP contribution < -0.4 is 0 Å². The summed E-state index contributed by atoms with van der Waals surface area (Å²) in [5.74, 6) is 0.350. The molecule has 4 heteroatoms. The van der Waals surface area contributed by atoms with E-state index in [-0.39, 0.29) is 0 Å². The molecule has 2 heterocycles. The number of pyridine rings is 1. The minimum Gasteiger partial charge on any atom is -0.281 e. The van der Waals surface area contributed by atoms with Gasteiger partial charge in [-0.05, 0) is 60.8 Å². The minimum atomic E-state index is 0.350. The van der Waals surface area contributed by atoms with Gasteiger partial charge in [0.2, 0.25) is 5.82 Å². The number of rotatable bonds is 2. The molecule has 3 rings (SSSR count). The largest absolute Gasteiger partial charge is 0.281 e. The predicted molar refractivity (Wildman–Crippen MR) is 80.3 cm³/mol. The van der Waals surface area contributed by atoms with Crippen molar-refractivity contribution >= 4 is 11.5 Å². The summed E-state index contributed by atoms with van der Waals surface area (Å²) in [6, 6.07) is 9.94. The molecule has 0 atom stereocenters. The monoisotopic (exact) mass is 265 g/mol. The number of nitrogens with zero attached hydrogens (tertiary/aromatic N) is 3. The van der Waals surface area contributed by atoms with Crippen LogP contribution in [0.15, 0.2) is 41.7 Å². The second-order valence-corrected chi connectivity index (χ2v) is 5.11. The lowest BCUT2D eigenvalue weighted by Crippen LogP contribution is -1.84. The van der Waals surface area contributed by atoms with Crippen LogP contribution in [0.3, 0.4) is 0 Å². The van der Waals surface area contributed by atoms with Gasteiger partial charge in [-0.25, -0.2) is 4.98 Å². The number of hydrogen-bond acceptors (Lipinski definition) is 3. The van der Waals surface area contributed by atoms with Gasteiger partial charge in [-0.15, -0.1) is 4.91 Å². The van der Waals surface area contributed by atoms with Gasteiger partial charge in [-0.1, -0.05) is 12.1 Å². The van der Waals surface area contributed by atoms with Gasteiger partial charge in [0.1, 0.15) is 11.3 Å². The maximum absolute atomic E-state index is 11.2. The predicted octanol–water partition coefficient (Wildman–Crippen LogP) is 4.32. The molecule has 0 aliphatic heterocycles. The highest BCUT2D eigenvalue weighted by atomic mass is 16.3. The first-order valence-electron chi connectivity index (χ1n) is 6.50. The van der Waals surface area contributed by atoms with Crippen LogP contribution in [0.1, 0.15) is 16.7 Å². The quantitative estimate of drug-likeness (QED) is 0.647. The van der Waals surface area contributed by atoms with Crippen LogP contribution in [-0.4, -0.2) is 9.38 Å². The highest BCUT2D eigenvalue weighted by Crippen LogP contribution is 2.31. The van der Waals surface area contributed by atoms with Gasteiger partial charge in [0.15, 0.2) is 0 Å². The number of benzene rings is 1. The first-order chi connectivity index (χ1) is 9.60. The SMILES string of the molecule is Cc1ccn2c(N=O)c(-c3ccc(C)c(C)c3)nc2c1. The lowest BCUT2D eigenvalue weighted by molar-refractivity contribution is 1.15. The smallest absolute Gasteiger partial charge is 0.209 e. The summed E-state index contributed by atoms with van der Waals surface area (Å²) < 4.78 is 1.73. The average Bonchev–Trinajstić information content (AvgIpc) is 2.79. The summed E-state index contributed by atoms with van der Waals surface area (Å²) in [5, 5.41) is 3.17. The Morgan fingerprint density at radius 1 is 1.05 bits per heavy atom. The van der Waals surface area contributed by atoms with Crippen molar-refractivity contribution in [3.8, 4) is 11.3 Å². The van der Waals surface area contributed by atoms with Gasteiger partial charge in [0.25, 0.3) is 0 Å². The van der Waals surface area contributed by atoms with Crippen molar-refractivity contribution in [2.75, 3.05) is 0 Å². The number of nitroso groups, excluding NO2 is 1. The van der Waals surface area contributed by atoms with E-state index in [0.717, 1.165) is 16.8 Å². The molecular weight excluding hydrogens is 250 g/mol. The maximum atomic E-state index is 11.2. The molecule has 20 heavy (non-hydrogen) atoms. The molecular formula is C16H15N3O. The third-order valence-corrected chi connectivity index (χ3v) is 3.62. The zero-order valence-electron chi connectivity index (χ0n) is 11.7. The Balaban J connectivity index is 2.29. The zero-order valence-corrected chi connectivity index (χ0v) is 11.7. The van der Waals surface area contributed by atoms with E-state index in [0.29, 0.717) is 11.5 Å². The van der Waals surface area contributed by atoms with E-state index in [9.17, 15) is 4.91 Å². The summed E-state index contributed by atoms with van der Waals surface area (Å²) in [5.41, 5.74) is 5.79. The van der Waals surface area contributed by atoms with Gasteiger partial charge in [-0.2, -0.15) is 0 Å². The van der Waals surface area contributed by atoms with Crippen molar-refractivity contribution < 1.29 is 0 Å². The fourth-order valence-electron chi connectivity index (χ4n) is 2.30. The van der Waals surface area contributed by atoms with Crippen molar-refractivity contribution in [1.82, 2.24) is 9.38 Å². The van der Waals surface area contributed by atoms with E-state index in [1.165, 1.54) is 11.1 Å². The molecule has 0 spiro atoms. The van der Waals surface area contributed by atoms with Gasteiger partial charge >= 0.3 is 0 Å². The molecule has 0 bridgehead atoms. The summed E-state index contributed by atoms with van der Waals surface area (Å²) >= 11 is 0. The molecule has 0 radical (unpaired) electrons. The Hall–Kier alpha value is -2.49. The first kappa shape index (κ1) is 12.5. The summed E-state index contributed by atoms with van der Waals surface area (Å²) in [6.07, 6.45) is 1.83. The molecule has 0 aliphatic rings. The number of hydrogen-bond donors (Lipinski definition) is 0. The fourth-order valence-corrected chi connectivity index (χ4v) is 2.30. The van der Waals surface area contributed by atoms with E-state index >= 15 is 0 Å². The van der Waals surface area contributed by atoms with Crippen molar-refractivity contribution in [3.63, 3.8) is 0 Å². The fraction of sp³-hybridized carbons (Fsp3) is 0.188. The van der Waals surface area contributed by atoms with Crippen molar-refractivity contribution in [3.05, 3.63) is 58.1 Å². The zero-order chi connectivity index (χ0) is 14.3. The third-order valence-electron chi connectivity index (χ3n) is 3.62. The van der Waals surface area contributed by atoms with Crippen LogP contribution >= 0.6 is 0 Å². The second-order valence-electron chi connectivity index (χ2n) is 5.11. The van der Waals surface area contributed by atoms with Gasteiger partial charge in [-0.3, -0.25) is 4.40 Å². The van der Waals surface area contributed by atoms with Crippen LogP contribution in [0.25, 0.3) is 16.9 Å². The maximum Gasteiger partial charge on any atom is 0.209 e. The molecule has 0 saturated heterocycles. The minimum absolute atomic E-state index is 0.350. The standard InChI is InChI=1S/C16H15N3O/c1-10-6-7-19-14(8-10)17-15(16(19)18-20)13-5-4-11(2)12(3)9-13/h4-9H,1-3H3. The lowest BCUT2D eigenvalue weighted by atomic mass is 10.0. The second kappa shape index (κ2) is 4.56. The third kappa shape index (κ3) is 1.90. The van der Waals surface area contributed by atoms with Gasteiger partial charge < -0.3 is 0 Å². The molecule has 0 fully saturated rings. The van der Waals surface area contributed by atoms with E-state index in [1.807, 2.05) is 50.4 Å². The topological polar surface area (TPSA) is 46.7 Å². The summed E-state index contributed by atoms with van der Waals surface area (Å²) in [6.45, 7) is 6.11. The van der Waals surface area contributed by atoms with Crippen LogP contribution in [-0.2, 0) is 0 Å². The average molecular weight is 265 g/mol. The lowest BCUT2D eigenvalue weighted by Gasteiger charge is -2.02. The molecule has 0 aliphatic carbocycles. The summed E-state index contributed by atoms with van der Waals surface area (Å²) in [4.78, 5) is 15.8. The highest BCUT2D eigenvalue weighted by molar-refractivity contribution is 5.75. The molecule has 3 aromatic rings. The molecule has 0 amide bonds. The van der Waals surface area contributed by atoms with Gasteiger partial charge in [0, 0.05) is 11.8 Å². The number of imidazole rings is 1. The number of fused-ring (bicyclic) bond motifs is 1. The van der Waals surface area contributed by atoms with Gasteiger partial charge in [0.05, 0.1) is 0 Å². The Morgan fingerprint density at radius 3 is 2.55 bits per heavy atom. The van der Waals surface area contributed by atoms with Crippen LogP contribution in [0.4, 0.5) is 5.82 Å². The molecule has 0 N–H and O–H groups in total. The first-order valence-corrected chi connectivity index (χ1v) is 6.50. The Bertz CT molecular complexity index is 818. The highest BCUT2D eigenvalue weighted by Gasteiger charge is 2.15. The van der Waals surface area contributed by atoms with E-state index in [1.54, 1.807) is 4.40 Å². The molecule has 0 saturated carbocycles. The van der Waals surface area contributed by atoms with Crippen molar-refractivity contribution in [1.29, 1.82) is 0 Å². The molecule has 4 nitrogen and oxygen atoms in total. The molecule has 100 valence electrons. The Morgan fingerprint density at radius 2 is 1.85 bits per heavy atom. The van der Waals surface area contributed by atoms with E-state index in [4.69, 9.17) is 0 Å². The Kier molecular flexibility index (Phi) is 2.86. The van der Waals surface area contributed by atoms with Crippen molar-refractivity contribution in [2.45, 2.75) is 20.8 Å². The molecule has 1 aromatic carbocycles. The van der Waals surface area contributed by atoms with Crippen molar-refractivity contribution in [2.24, 2.45) is 5.18 Å².